The van der Waals surface area contributed by atoms with Crippen molar-refractivity contribution in [2.24, 2.45) is 0 Å². The standard InChI is InChI=1S/C31H54N2O6.BrH/c1-3-4-5-6-7-8-9-10-11-12-13-14-15-16-17-19-22-32-30(34)38-27-29(36-2)28-39-31(35)37-26-25-33-23-20-18-21-24-33;/h18,20-21,23-24,29H,3-17,19,22,25-28H2,1-2H3;1H/t29-;/m0./s1. The molecule has 1 N–H and O–H groups in total. The van der Waals surface area contributed by atoms with Gasteiger partial charge in [-0.25, -0.2) is 14.2 Å². The monoisotopic (exact) mass is 630 g/mol. The van der Waals surface area contributed by atoms with Crippen molar-refractivity contribution in [3.05, 3.63) is 30.6 Å². The van der Waals surface area contributed by atoms with E-state index in [0.29, 0.717) is 13.1 Å². The molecule has 0 aliphatic carbocycles. The molecular formula is C31H55BrN2O6. The zero-order valence-corrected chi connectivity index (χ0v) is 26.7. The van der Waals surface area contributed by atoms with Crippen LogP contribution in [0.3, 0.4) is 0 Å². The maximum Gasteiger partial charge on any atom is 0.508 e. The molecule has 1 amide bonds. The molecule has 9 heteroatoms. The van der Waals surface area contributed by atoms with Crippen LogP contribution in [0.2, 0.25) is 0 Å². The molecule has 40 heavy (non-hydrogen) atoms. The molecule has 0 bridgehead atoms. The Hall–Kier alpha value is -1.87. The first-order valence-electron chi connectivity index (χ1n) is 15.3. The van der Waals surface area contributed by atoms with Crippen LogP contribution in [0.1, 0.15) is 110 Å². The fourth-order valence-corrected chi connectivity index (χ4v) is 4.29. The summed E-state index contributed by atoms with van der Waals surface area (Å²) in [7, 11) is 1.48. The summed E-state index contributed by atoms with van der Waals surface area (Å²) in [5, 5.41) is 2.77. The van der Waals surface area contributed by atoms with Crippen LogP contribution >= 0.6 is 0 Å². The molecule has 0 aromatic carbocycles. The van der Waals surface area contributed by atoms with E-state index in [9.17, 15) is 9.59 Å². The molecule has 0 saturated carbocycles. The van der Waals surface area contributed by atoms with Crippen molar-refractivity contribution in [3.63, 3.8) is 0 Å². The van der Waals surface area contributed by atoms with Crippen molar-refractivity contribution in [2.45, 2.75) is 122 Å². The third-order valence-electron chi connectivity index (χ3n) is 6.77. The first-order valence-corrected chi connectivity index (χ1v) is 15.3. The minimum absolute atomic E-state index is 0. The van der Waals surface area contributed by atoms with Crippen LogP contribution in [0.15, 0.2) is 30.6 Å². The Labute approximate surface area is 253 Å². The highest BCUT2D eigenvalue weighted by Gasteiger charge is 2.15. The molecule has 0 unspecified atom stereocenters. The minimum atomic E-state index is -0.776. The predicted molar refractivity (Wildman–Crippen MR) is 154 cm³/mol. The summed E-state index contributed by atoms with van der Waals surface area (Å²) in [5.41, 5.74) is 0. The van der Waals surface area contributed by atoms with Crippen LogP contribution in [0, 0.1) is 0 Å². The quantitative estimate of drug-likeness (QED) is 0.0993. The molecule has 0 aliphatic heterocycles. The van der Waals surface area contributed by atoms with Crippen molar-refractivity contribution in [3.8, 4) is 0 Å². The molecule has 1 aromatic heterocycles. The largest absolute Gasteiger partial charge is 1.00 e. The Morgan fingerprint density at radius 3 is 1.73 bits per heavy atom. The number of nitrogens with zero attached hydrogens (tertiary/aromatic N) is 1. The molecule has 0 saturated heterocycles. The molecule has 0 radical (unpaired) electrons. The van der Waals surface area contributed by atoms with Crippen LogP contribution in [0.5, 0.6) is 0 Å². The van der Waals surface area contributed by atoms with Crippen LogP contribution in [0.25, 0.3) is 0 Å². The smallest absolute Gasteiger partial charge is 0.508 e. The highest BCUT2D eigenvalue weighted by atomic mass is 79.9. The van der Waals surface area contributed by atoms with E-state index in [2.05, 4.69) is 12.2 Å². The van der Waals surface area contributed by atoms with Gasteiger partial charge < -0.3 is 41.2 Å². The lowest BCUT2D eigenvalue weighted by Gasteiger charge is -2.15. The second-order valence-corrected chi connectivity index (χ2v) is 10.2. The molecule has 8 nitrogen and oxygen atoms in total. The van der Waals surface area contributed by atoms with Crippen molar-refractivity contribution < 1.29 is 50.1 Å². The number of nitrogens with one attached hydrogen (secondary N) is 1. The average Bonchev–Trinajstić information content (AvgIpc) is 2.95. The lowest BCUT2D eigenvalue weighted by Crippen LogP contribution is -3.00. The average molecular weight is 632 g/mol. The van der Waals surface area contributed by atoms with Gasteiger partial charge in [0.15, 0.2) is 25.5 Å². The molecule has 0 spiro atoms. The Balaban J connectivity index is 0.0000152. The third-order valence-corrected chi connectivity index (χ3v) is 6.77. The Kier molecular flexibility index (Phi) is 27.3. The van der Waals surface area contributed by atoms with E-state index in [1.54, 1.807) is 0 Å². The fourth-order valence-electron chi connectivity index (χ4n) is 4.29. The maximum absolute atomic E-state index is 11.9. The van der Waals surface area contributed by atoms with Gasteiger partial charge in [-0.05, 0) is 6.42 Å². The first kappa shape index (κ1) is 38.1. The summed E-state index contributed by atoms with van der Waals surface area (Å²) in [6, 6.07) is 5.72. The topological polar surface area (TPSA) is 87.0 Å². The molecule has 1 rings (SSSR count). The lowest BCUT2D eigenvalue weighted by atomic mass is 10.0. The van der Waals surface area contributed by atoms with Gasteiger partial charge in [-0.1, -0.05) is 109 Å². The normalized spacial score (nSPS) is 11.3. The Bertz CT molecular complexity index is 710. The number of halogens is 1. The summed E-state index contributed by atoms with van der Waals surface area (Å²) in [6.07, 6.45) is 23.1. The number of amides is 1. The number of methoxy groups -OCH3 is 1. The lowest BCUT2D eigenvalue weighted by molar-refractivity contribution is -0.698. The summed E-state index contributed by atoms with van der Waals surface area (Å²) >= 11 is 0. The maximum atomic E-state index is 11.9. The van der Waals surface area contributed by atoms with Crippen molar-refractivity contribution >= 4 is 12.2 Å². The Morgan fingerprint density at radius 1 is 0.700 bits per heavy atom. The van der Waals surface area contributed by atoms with Crippen LogP contribution in [-0.4, -0.2) is 51.8 Å². The number of hydrogen-bond donors (Lipinski definition) is 1. The first-order chi connectivity index (χ1) is 19.2. The number of carbonyl (C=O) groups excluding carboxylic acids is 2. The number of aromatic nitrogens is 1. The van der Waals surface area contributed by atoms with Gasteiger partial charge in [0.05, 0.1) is 0 Å². The van der Waals surface area contributed by atoms with Gasteiger partial charge in [-0.2, -0.15) is 0 Å². The fraction of sp³-hybridized carbons (Fsp3) is 0.774. The van der Waals surface area contributed by atoms with Gasteiger partial charge in [0.2, 0.25) is 0 Å². The molecule has 232 valence electrons. The second kappa shape index (κ2) is 28.7. The summed E-state index contributed by atoms with van der Waals surface area (Å²) in [4.78, 5) is 23.7. The second-order valence-electron chi connectivity index (χ2n) is 10.2. The van der Waals surface area contributed by atoms with E-state index < -0.39 is 18.4 Å². The van der Waals surface area contributed by atoms with E-state index in [1.165, 1.54) is 97.0 Å². The van der Waals surface area contributed by atoms with E-state index in [-0.39, 0.29) is 36.8 Å². The Morgan fingerprint density at radius 2 is 1.20 bits per heavy atom. The number of pyridine rings is 1. The SMILES string of the molecule is CCCCCCCCCCCCCCCCCCNC(=O)OC[C@@H](COC(=O)OCC[n+]1ccccc1)OC.[Br-]. The summed E-state index contributed by atoms with van der Waals surface area (Å²) in [5.74, 6) is 0. The van der Waals surface area contributed by atoms with Crippen LogP contribution in [-0.2, 0) is 25.5 Å². The van der Waals surface area contributed by atoms with Gasteiger partial charge in [-0.3, -0.25) is 0 Å². The van der Waals surface area contributed by atoms with Crippen LogP contribution < -0.4 is 26.9 Å². The van der Waals surface area contributed by atoms with E-state index >= 15 is 0 Å². The molecule has 1 aromatic rings. The number of alkyl carbamates (subject to hydrolysis) is 1. The molecule has 1 atom stereocenters. The van der Waals surface area contributed by atoms with E-state index in [1.807, 2.05) is 35.2 Å². The summed E-state index contributed by atoms with van der Waals surface area (Å²) in [6.45, 7) is 3.54. The number of ether oxygens (including phenoxy) is 4. The van der Waals surface area contributed by atoms with Gasteiger partial charge >= 0.3 is 12.2 Å². The number of unbranched alkanes of at least 4 members (excludes halogenated alkanes) is 15. The molecule has 1 heterocycles. The van der Waals surface area contributed by atoms with Gasteiger partial charge in [0, 0.05) is 25.8 Å². The number of hydrogen-bond acceptors (Lipinski definition) is 6. The molecule has 0 aliphatic rings. The van der Waals surface area contributed by atoms with Gasteiger partial charge in [-0.15, -0.1) is 0 Å². The zero-order chi connectivity index (χ0) is 28.2. The number of rotatable bonds is 25. The minimum Gasteiger partial charge on any atom is -1.00 e. The van der Waals surface area contributed by atoms with Crippen LogP contribution in [0.4, 0.5) is 9.59 Å². The number of carbonyl (C=O) groups is 2. The third kappa shape index (κ3) is 24.0. The van der Waals surface area contributed by atoms with Gasteiger partial charge in [0.1, 0.15) is 19.3 Å². The highest BCUT2D eigenvalue weighted by molar-refractivity contribution is 5.67. The van der Waals surface area contributed by atoms with Crippen molar-refractivity contribution in [1.82, 2.24) is 5.32 Å². The van der Waals surface area contributed by atoms with E-state index in [4.69, 9.17) is 18.9 Å². The predicted octanol–water partition coefficient (Wildman–Crippen LogP) is 4.13. The van der Waals surface area contributed by atoms with Crippen molar-refractivity contribution in [1.29, 1.82) is 0 Å². The molecule has 0 fully saturated rings. The summed E-state index contributed by atoms with van der Waals surface area (Å²) < 4.78 is 22.4. The van der Waals surface area contributed by atoms with Gasteiger partial charge in [0.25, 0.3) is 0 Å². The van der Waals surface area contributed by atoms with E-state index in [0.717, 1.165) is 12.8 Å². The highest BCUT2D eigenvalue weighted by Crippen LogP contribution is 2.13. The zero-order valence-electron chi connectivity index (χ0n) is 25.1. The molecular weight excluding hydrogens is 576 g/mol. The van der Waals surface area contributed by atoms with Crippen molar-refractivity contribution in [2.75, 3.05) is 33.5 Å².